The van der Waals surface area contributed by atoms with Crippen molar-refractivity contribution in [2.45, 2.75) is 45.6 Å². The van der Waals surface area contributed by atoms with Gasteiger partial charge in [-0.1, -0.05) is 37.6 Å². The third-order valence-corrected chi connectivity index (χ3v) is 3.74. The van der Waals surface area contributed by atoms with Crippen molar-refractivity contribution >= 4 is 0 Å². The number of methoxy groups -OCH3 is 1. The monoisotopic (exact) mass is 298 g/mol. The van der Waals surface area contributed by atoms with Gasteiger partial charge < -0.3 is 9.47 Å². The van der Waals surface area contributed by atoms with Crippen molar-refractivity contribution < 1.29 is 9.47 Å². The van der Waals surface area contributed by atoms with Gasteiger partial charge in [0.05, 0.1) is 7.11 Å². The van der Waals surface area contributed by atoms with Crippen LogP contribution < -0.4 is 9.47 Å². The predicted molar refractivity (Wildman–Crippen MR) is 91.9 cm³/mol. The highest BCUT2D eigenvalue weighted by atomic mass is 16.5. The number of hydrogen-bond acceptors (Lipinski definition) is 2. The van der Waals surface area contributed by atoms with Crippen LogP contribution in [-0.2, 0) is 6.42 Å². The molecule has 2 nitrogen and oxygen atoms in total. The molecule has 118 valence electrons. The van der Waals surface area contributed by atoms with Crippen LogP contribution in [0.25, 0.3) is 0 Å². The molecule has 0 saturated carbocycles. The Balaban J connectivity index is 1.99. The Labute approximate surface area is 134 Å². The second-order valence-corrected chi connectivity index (χ2v) is 6.28. The minimum atomic E-state index is -0.105. The molecule has 2 aromatic carbocycles. The van der Waals surface area contributed by atoms with E-state index in [0.29, 0.717) is 0 Å². The van der Waals surface area contributed by atoms with Gasteiger partial charge in [-0.25, -0.2) is 0 Å². The molecule has 2 heteroatoms. The molecule has 0 amide bonds. The number of benzene rings is 2. The molecule has 0 bridgehead atoms. The van der Waals surface area contributed by atoms with Crippen LogP contribution in [0.5, 0.6) is 11.5 Å². The van der Waals surface area contributed by atoms with Crippen LogP contribution in [0.4, 0.5) is 0 Å². The summed E-state index contributed by atoms with van der Waals surface area (Å²) < 4.78 is 11.2. The van der Waals surface area contributed by atoms with Gasteiger partial charge in [-0.2, -0.15) is 0 Å². The molecule has 0 spiro atoms. The second kappa shape index (κ2) is 7.35. The molecule has 0 N–H and O–H groups in total. The summed E-state index contributed by atoms with van der Waals surface area (Å²) in [4.78, 5) is 0. The maximum Gasteiger partial charge on any atom is 0.120 e. The summed E-state index contributed by atoms with van der Waals surface area (Å²) in [6, 6.07) is 16.6. The lowest BCUT2D eigenvalue weighted by Gasteiger charge is -2.26. The minimum absolute atomic E-state index is 0.105. The summed E-state index contributed by atoms with van der Waals surface area (Å²) in [7, 11) is 1.69. The molecule has 0 saturated heterocycles. The molecule has 22 heavy (non-hydrogen) atoms. The Bertz CT molecular complexity index is 568. The molecule has 0 aromatic heterocycles. The summed E-state index contributed by atoms with van der Waals surface area (Å²) >= 11 is 0. The van der Waals surface area contributed by atoms with Crippen LogP contribution >= 0.6 is 0 Å². The van der Waals surface area contributed by atoms with Crippen molar-refractivity contribution in [1.29, 1.82) is 0 Å². The van der Waals surface area contributed by atoms with Gasteiger partial charge in [-0.05, 0) is 62.1 Å². The molecular weight excluding hydrogens is 272 g/mol. The lowest BCUT2D eigenvalue weighted by atomic mass is 10.0. The van der Waals surface area contributed by atoms with Crippen LogP contribution in [0.1, 0.15) is 44.7 Å². The van der Waals surface area contributed by atoms with Crippen molar-refractivity contribution in [3.05, 3.63) is 59.7 Å². The fourth-order valence-electron chi connectivity index (χ4n) is 2.63. The third kappa shape index (κ3) is 4.80. The molecule has 0 aliphatic carbocycles. The smallest absolute Gasteiger partial charge is 0.120 e. The van der Waals surface area contributed by atoms with Crippen LogP contribution in [0.3, 0.4) is 0 Å². The van der Waals surface area contributed by atoms with E-state index in [-0.39, 0.29) is 5.60 Å². The van der Waals surface area contributed by atoms with Crippen molar-refractivity contribution in [3.8, 4) is 11.5 Å². The first-order valence-electron chi connectivity index (χ1n) is 7.93. The van der Waals surface area contributed by atoms with Gasteiger partial charge in [0, 0.05) is 0 Å². The highest BCUT2D eigenvalue weighted by Gasteiger charge is 2.18. The summed E-state index contributed by atoms with van der Waals surface area (Å²) in [6.07, 6.45) is 3.10. The first-order chi connectivity index (χ1) is 10.5. The van der Waals surface area contributed by atoms with E-state index in [9.17, 15) is 0 Å². The topological polar surface area (TPSA) is 18.5 Å². The molecule has 0 aliphatic heterocycles. The number of rotatable bonds is 7. The largest absolute Gasteiger partial charge is 0.497 e. The van der Waals surface area contributed by atoms with Crippen LogP contribution in [0.2, 0.25) is 0 Å². The highest BCUT2D eigenvalue weighted by Crippen LogP contribution is 2.23. The summed E-state index contributed by atoms with van der Waals surface area (Å²) in [5.41, 5.74) is 2.46. The maximum absolute atomic E-state index is 6.06. The number of hydrogen-bond donors (Lipinski definition) is 0. The second-order valence-electron chi connectivity index (χ2n) is 6.28. The van der Waals surface area contributed by atoms with E-state index in [1.165, 1.54) is 11.1 Å². The van der Waals surface area contributed by atoms with E-state index >= 15 is 0 Å². The fraction of sp³-hybridized carbons (Fsp3) is 0.400. The molecule has 0 unspecified atom stereocenters. The zero-order valence-corrected chi connectivity index (χ0v) is 14.1. The average molecular weight is 298 g/mol. The lowest BCUT2D eigenvalue weighted by Crippen LogP contribution is -2.27. The minimum Gasteiger partial charge on any atom is -0.497 e. The molecule has 0 radical (unpaired) electrons. The Kier molecular flexibility index (Phi) is 5.48. The standard InChI is InChI=1S/C20H26O2/c1-5-14-20(2,3)22-19-12-8-17(9-13-19)15-16-6-10-18(21-4)11-7-16/h6-13H,5,14-15H2,1-4H3. The molecule has 2 aromatic rings. The van der Waals surface area contributed by atoms with Crippen molar-refractivity contribution in [2.75, 3.05) is 7.11 Å². The molecule has 0 heterocycles. The highest BCUT2D eigenvalue weighted by molar-refractivity contribution is 5.34. The van der Waals surface area contributed by atoms with Crippen LogP contribution in [-0.4, -0.2) is 12.7 Å². The van der Waals surface area contributed by atoms with Crippen LogP contribution in [0.15, 0.2) is 48.5 Å². The van der Waals surface area contributed by atoms with Gasteiger partial charge in [-0.3, -0.25) is 0 Å². The van der Waals surface area contributed by atoms with Crippen molar-refractivity contribution in [3.63, 3.8) is 0 Å². The Morgan fingerprint density at radius 2 is 1.32 bits per heavy atom. The Morgan fingerprint density at radius 3 is 1.77 bits per heavy atom. The lowest BCUT2D eigenvalue weighted by molar-refractivity contribution is 0.0986. The zero-order valence-electron chi connectivity index (χ0n) is 14.1. The average Bonchev–Trinajstić information content (AvgIpc) is 2.49. The molecule has 2 rings (SSSR count). The summed E-state index contributed by atoms with van der Waals surface area (Å²) in [5.74, 6) is 1.84. The van der Waals surface area contributed by atoms with E-state index in [2.05, 4.69) is 57.2 Å². The van der Waals surface area contributed by atoms with E-state index in [0.717, 1.165) is 30.8 Å². The third-order valence-electron chi connectivity index (χ3n) is 3.74. The van der Waals surface area contributed by atoms with Gasteiger partial charge >= 0.3 is 0 Å². The Morgan fingerprint density at radius 1 is 0.818 bits per heavy atom. The van der Waals surface area contributed by atoms with Gasteiger partial charge in [0.1, 0.15) is 17.1 Å². The first-order valence-corrected chi connectivity index (χ1v) is 7.93. The van der Waals surface area contributed by atoms with Gasteiger partial charge in [-0.15, -0.1) is 0 Å². The van der Waals surface area contributed by atoms with E-state index in [4.69, 9.17) is 9.47 Å². The SMILES string of the molecule is CCCC(C)(C)Oc1ccc(Cc2ccc(OC)cc2)cc1. The van der Waals surface area contributed by atoms with E-state index in [1.54, 1.807) is 7.11 Å². The molecule has 0 atom stereocenters. The van der Waals surface area contributed by atoms with Crippen molar-refractivity contribution in [2.24, 2.45) is 0 Å². The van der Waals surface area contributed by atoms with E-state index in [1.807, 2.05) is 12.1 Å². The van der Waals surface area contributed by atoms with Gasteiger partial charge in [0.15, 0.2) is 0 Å². The normalized spacial score (nSPS) is 11.3. The number of ether oxygens (including phenoxy) is 2. The maximum atomic E-state index is 6.06. The van der Waals surface area contributed by atoms with Crippen molar-refractivity contribution in [1.82, 2.24) is 0 Å². The summed E-state index contributed by atoms with van der Waals surface area (Å²) in [6.45, 7) is 6.46. The van der Waals surface area contributed by atoms with Crippen LogP contribution in [0, 0.1) is 0 Å². The van der Waals surface area contributed by atoms with Gasteiger partial charge in [0.25, 0.3) is 0 Å². The molecule has 0 fully saturated rings. The fourth-order valence-corrected chi connectivity index (χ4v) is 2.63. The van der Waals surface area contributed by atoms with E-state index < -0.39 is 0 Å². The predicted octanol–water partition coefficient (Wildman–Crippen LogP) is 5.24. The first kappa shape index (κ1) is 16.4. The quantitative estimate of drug-likeness (QED) is 0.695. The van der Waals surface area contributed by atoms with Gasteiger partial charge in [0.2, 0.25) is 0 Å². The Hall–Kier alpha value is -1.96. The molecular formula is C20H26O2. The molecule has 0 aliphatic rings. The summed E-state index contributed by atoms with van der Waals surface area (Å²) in [5, 5.41) is 0. The zero-order chi connectivity index (χ0) is 16.0.